The van der Waals surface area contributed by atoms with Crippen molar-refractivity contribution in [2.75, 3.05) is 27.4 Å². The first-order valence-electron chi connectivity index (χ1n) is 6.84. The van der Waals surface area contributed by atoms with Gasteiger partial charge in [0.2, 0.25) is 0 Å². The smallest absolute Gasteiger partial charge is 0.161 e. The quantitative estimate of drug-likeness (QED) is 0.858. The summed E-state index contributed by atoms with van der Waals surface area (Å²) in [6, 6.07) is 6.89. The average Bonchev–Trinajstić information content (AvgIpc) is 2.97. The van der Waals surface area contributed by atoms with Crippen molar-refractivity contribution in [2.24, 2.45) is 0 Å². The summed E-state index contributed by atoms with van der Waals surface area (Å²) < 4.78 is 16.0. The maximum atomic E-state index is 5.41. The van der Waals surface area contributed by atoms with Crippen LogP contribution in [-0.4, -0.2) is 33.5 Å². The third-order valence-corrected chi connectivity index (χ3v) is 3.58. The van der Waals surface area contributed by atoms with Crippen molar-refractivity contribution in [3.8, 4) is 11.5 Å². The first-order chi connectivity index (χ1) is 9.28. The van der Waals surface area contributed by atoms with Crippen molar-refractivity contribution in [3.05, 3.63) is 23.8 Å². The molecule has 0 aliphatic carbocycles. The van der Waals surface area contributed by atoms with E-state index in [0.29, 0.717) is 12.1 Å². The van der Waals surface area contributed by atoms with Gasteiger partial charge in [-0.2, -0.15) is 0 Å². The van der Waals surface area contributed by atoms with Crippen LogP contribution in [0.4, 0.5) is 0 Å². The van der Waals surface area contributed by atoms with Crippen LogP contribution in [0.25, 0.3) is 0 Å². The number of nitrogens with one attached hydrogen (secondary N) is 1. The minimum atomic E-state index is 0.325. The van der Waals surface area contributed by atoms with Gasteiger partial charge in [-0.15, -0.1) is 0 Å². The van der Waals surface area contributed by atoms with Gasteiger partial charge in [0.25, 0.3) is 0 Å². The highest BCUT2D eigenvalue weighted by atomic mass is 16.5. The monoisotopic (exact) mass is 265 g/mol. The van der Waals surface area contributed by atoms with Crippen molar-refractivity contribution in [3.63, 3.8) is 0 Å². The molecule has 0 spiro atoms. The summed E-state index contributed by atoms with van der Waals surface area (Å²) in [6.07, 6.45) is 2.12. The van der Waals surface area contributed by atoms with E-state index in [9.17, 15) is 0 Å². The predicted molar refractivity (Wildman–Crippen MR) is 74.9 cm³/mol. The Morgan fingerprint density at radius 2 is 2.11 bits per heavy atom. The zero-order valence-electron chi connectivity index (χ0n) is 11.9. The lowest BCUT2D eigenvalue weighted by atomic mass is 10.0. The van der Waals surface area contributed by atoms with Crippen LogP contribution in [0.15, 0.2) is 18.2 Å². The summed E-state index contributed by atoms with van der Waals surface area (Å²) in [4.78, 5) is 0. The molecule has 1 aromatic rings. The van der Waals surface area contributed by atoms with Gasteiger partial charge < -0.3 is 19.5 Å². The van der Waals surface area contributed by atoms with Crippen LogP contribution in [0.3, 0.4) is 0 Å². The van der Waals surface area contributed by atoms with E-state index in [1.165, 1.54) is 5.56 Å². The SMILES string of the molecule is CCC(NC1CCOC1)c1ccc(OC)c(OC)c1. The summed E-state index contributed by atoms with van der Waals surface area (Å²) in [5, 5.41) is 3.65. The molecule has 1 fully saturated rings. The Hall–Kier alpha value is -1.26. The lowest BCUT2D eigenvalue weighted by Crippen LogP contribution is -2.32. The van der Waals surface area contributed by atoms with Gasteiger partial charge in [0.15, 0.2) is 11.5 Å². The fourth-order valence-electron chi connectivity index (χ4n) is 2.47. The first-order valence-corrected chi connectivity index (χ1v) is 6.84. The van der Waals surface area contributed by atoms with Crippen LogP contribution < -0.4 is 14.8 Å². The normalized spacial score (nSPS) is 20.3. The Bertz CT molecular complexity index is 402. The fraction of sp³-hybridized carbons (Fsp3) is 0.600. The highest BCUT2D eigenvalue weighted by Crippen LogP contribution is 2.31. The van der Waals surface area contributed by atoms with E-state index in [1.54, 1.807) is 14.2 Å². The van der Waals surface area contributed by atoms with E-state index in [-0.39, 0.29) is 0 Å². The van der Waals surface area contributed by atoms with Gasteiger partial charge in [0.05, 0.1) is 20.8 Å². The van der Waals surface area contributed by atoms with Crippen molar-refractivity contribution >= 4 is 0 Å². The molecule has 1 heterocycles. The molecule has 4 nitrogen and oxygen atoms in total. The van der Waals surface area contributed by atoms with Crippen LogP contribution >= 0.6 is 0 Å². The van der Waals surface area contributed by atoms with Crippen molar-refractivity contribution < 1.29 is 14.2 Å². The number of hydrogen-bond donors (Lipinski definition) is 1. The molecular weight excluding hydrogens is 242 g/mol. The minimum absolute atomic E-state index is 0.325. The van der Waals surface area contributed by atoms with Crippen LogP contribution in [0.1, 0.15) is 31.4 Å². The van der Waals surface area contributed by atoms with E-state index < -0.39 is 0 Å². The number of benzene rings is 1. The number of rotatable bonds is 6. The van der Waals surface area contributed by atoms with E-state index >= 15 is 0 Å². The molecule has 2 atom stereocenters. The van der Waals surface area contributed by atoms with Gasteiger partial charge in [0, 0.05) is 18.7 Å². The molecule has 0 saturated carbocycles. The molecule has 0 amide bonds. The molecular formula is C15H23NO3. The Morgan fingerprint density at radius 3 is 2.68 bits per heavy atom. The average molecular weight is 265 g/mol. The van der Waals surface area contributed by atoms with E-state index in [0.717, 1.165) is 37.6 Å². The topological polar surface area (TPSA) is 39.7 Å². The molecule has 0 radical (unpaired) electrons. The highest BCUT2D eigenvalue weighted by Gasteiger charge is 2.20. The lowest BCUT2D eigenvalue weighted by Gasteiger charge is -2.22. The Kier molecular flexibility index (Phi) is 5.05. The summed E-state index contributed by atoms with van der Waals surface area (Å²) in [7, 11) is 3.32. The lowest BCUT2D eigenvalue weighted by molar-refractivity contribution is 0.187. The number of ether oxygens (including phenoxy) is 3. The number of hydrogen-bond acceptors (Lipinski definition) is 4. The van der Waals surface area contributed by atoms with Gasteiger partial charge in [-0.3, -0.25) is 0 Å². The molecule has 1 N–H and O–H groups in total. The fourth-order valence-corrected chi connectivity index (χ4v) is 2.47. The molecule has 2 rings (SSSR count). The molecule has 1 saturated heterocycles. The van der Waals surface area contributed by atoms with Gasteiger partial charge in [-0.1, -0.05) is 13.0 Å². The van der Waals surface area contributed by atoms with Gasteiger partial charge in [-0.25, -0.2) is 0 Å². The summed E-state index contributed by atoms with van der Waals surface area (Å²) >= 11 is 0. The van der Waals surface area contributed by atoms with Gasteiger partial charge >= 0.3 is 0 Å². The standard InChI is InChI=1S/C15H23NO3/c1-4-13(16-12-7-8-19-10-12)11-5-6-14(17-2)15(9-11)18-3/h5-6,9,12-13,16H,4,7-8,10H2,1-3H3. The zero-order chi connectivity index (χ0) is 13.7. The van der Waals surface area contributed by atoms with Crippen molar-refractivity contribution in [1.29, 1.82) is 0 Å². The van der Waals surface area contributed by atoms with Crippen LogP contribution in [0.2, 0.25) is 0 Å². The van der Waals surface area contributed by atoms with Crippen molar-refractivity contribution in [2.45, 2.75) is 31.8 Å². The van der Waals surface area contributed by atoms with E-state index in [2.05, 4.69) is 24.4 Å². The zero-order valence-corrected chi connectivity index (χ0v) is 11.9. The second kappa shape index (κ2) is 6.78. The largest absolute Gasteiger partial charge is 0.493 e. The van der Waals surface area contributed by atoms with Crippen LogP contribution in [0.5, 0.6) is 11.5 Å². The Morgan fingerprint density at radius 1 is 1.32 bits per heavy atom. The molecule has 4 heteroatoms. The number of methoxy groups -OCH3 is 2. The van der Waals surface area contributed by atoms with E-state index in [4.69, 9.17) is 14.2 Å². The van der Waals surface area contributed by atoms with E-state index in [1.807, 2.05) is 6.07 Å². The first kappa shape index (κ1) is 14.2. The van der Waals surface area contributed by atoms with Crippen molar-refractivity contribution in [1.82, 2.24) is 5.32 Å². The third-order valence-electron chi connectivity index (χ3n) is 3.58. The summed E-state index contributed by atoms with van der Waals surface area (Å²) in [5.41, 5.74) is 1.23. The molecule has 1 aliphatic heterocycles. The Labute approximate surface area is 115 Å². The minimum Gasteiger partial charge on any atom is -0.493 e. The van der Waals surface area contributed by atoms with Gasteiger partial charge in [-0.05, 0) is 30.5 Å². The van der Waals surface area contributed by atoms with Crippen LogP contribution in [0, 0.1) is 0 Å². The maximum Gasteiger partial charge on any atom is 0.161 e. The maximum absolute atomic E-state index is 5.41. The van der Waals surface area contributed by atoms with Gasteiger partial charge in [0.1, 0.15) is 0 Å². The molecule has 1 aliphatic rings. The second-order valence-electron chi connectivity index (χ2n) is 4.80. The molecule has 19 heavy (non-hydrogen) atoms. The predicted octanol–water partition coefficient (Wildman–Crippen LogP) is 2.53. The summed E-state index contributed by atoms with van der Waals surface area (Å²) in [6.45, 7) is 3.86. The third kappa shape index (κ3) is 3.39. The van der Waals surface area contributed by atoms with Crippen LogP contribution in [-0.2, 0) is 4.74 Å². The Balaban J connectivity index is 2.12. The second-order valence-corrected chi connectivity index (χ2v) is 4.80. The molecule has 0 aromatic heterocycles. The molecule has 106 valence electrons. The summed E-state index contributed by atoms with van der Waals surface area (Å²) in [5.74, 6) is 1.55. The molecule has 2 unspecified atom stereocenters. The highest BCUT2D eigenvalue weighted by molar-refractivity contribution is 5.43. The molecule has 1 aromatic carbocycles. The molecule has 0 bridgehead atoms.